The number of H-pyrrole nitrogens is 1. The molecular formula is C22H26N4O3. The van der Waals surface area contributed by atoms with E-state index in [1.807, 2.05) is 29.1 Å². The number of benzene rings is 1. The number of aryl methyl sites for hydroxylation is 1. The highest BCUT2D eigenvalue weighted by molar-refractivity contribution is 5.92. The zero-order chi connectivity index (χ0) is 20.1. The third-order valence-corrected chi connectivity index (χ3v) is 5.47. The number of aromatic amines is 1. The molecule has 29 heavy (non-hydrogen) atoms. The highest BCUT2D eigenvalue weighted by Crippen LogP contribution is 2.31. The van der Waals surface area contributed by atoms with Gasteiger partial charge in [-0.15, -0.1) is 0 Å². The number of anilines is 1. The van der Waals surface area contributed by atoms with Gasteiger partial charge in [-0.05, 0) is 37.3 Å². The van der Waals surface area contributed by atoms with Crippen molar-refractivity contribution in [2.75, 3.05) is 11.9 Å². The lowest BCUT2D eigenvalue weighted by Gasteiger charge is -2.14. The van der Waals surface area contributed by atoms with Gasteiger partial charge in [0.1, 0.15) is 5.82 Å². The summed E-state index contributed by atoms with van der Waals surface area (Å²) in [5.74, 6) is -0.0312. The molecule has 1 aromatic carbocycles. The molecule has 0 bridgehead atoms. The van der Waals surface area contributed by atoms with Crippen LogP contribution in [0.25, 0.3) is 10.9 Å². The van der Waals surface area contributed by atoms with Crippen LogP contribution >= 0.6 is 0 Å². The molecule has 0 aliphatic heterocycles. The smallest absolute Gasteiger partial charge is 0.306 e. The summed E-state index contributed by atoms with van der Waals surface area (Å²) in [6, 6.07) is 10.2. The van der Waals surface area contributed by atoms with Gasteiger partial charge in [0.25, 0.3) is 5.91 Å². The summed E-state index contributed by atoms with van der Waals surface area (Å²) in [4.78, 5) is 27.4. The maximum Gasteiger partial charge on any atom is 0.306 e. The summed E-state index contributed by atoms with van der Waals surface area (Å²) in [5.41, 5.74) is 2.28. The molecule has 0 spiro atoms. The number of fused-ring (bicyclic) bond motifs is 1. The Kier molecular flexibility index (Phi) is 5.93. The lowest BCUT2D eigenvalue weighted by atomic mass is 10.1. The second kappa shape index (κ2) is 8.94. The van der Waals surface area contributed by atoms with Crippen molar-refractivity contribution in [1.29, 1.82) is 0 Å². The van der Waals surface area contributed by atoms with Crippen molar-refractivity contribution in [2.24, 2.45) is 0 Å². The maximum absolute atomic E-state index is 12.2. The van der Waals surface area contributed by atoms with Crippen molar-refractivity contribution in [1.82, 2.24) is 14.8 Å². The number of rotatable bonds is 8. The number of nitrogens with one attached hydrogen (secondary N) is 2. The minimum Gasteiger partial charge on any atom is -0.456 e. The van der Waals surface area contributed by atoms with E-state index in [9.17, 15) is 9.59 Å². The van der Waals surface area contributed by atoms with Gasteiger partial charge < -0.3 is 15.0 Å². The van der Waals surface area contributed by atoms with E-state index in [-0.39, 0.29) is 24.9 Å². The van der Waals surface area contributed by atoms with Crippen LogP contribution in [0.2, 0.25) is 0 Å². The normalized spacial score (nSPS) is 14.3. The minimum atomic E-state index is -0.357. The molecule has 1 saturated carbocycles. The zero-order valence-electron chi connectivity index (χ0n) is 16.4. The number of para-hydroxylation sites is 1. The maximum atomic E-state index is 12.2. The van der Waals surface area contributed by atoms with Gasteiger partial charge in [0.15, 0.2) is 6.61 Å². The number of hydrogen-bond donors (Lipinski definition) is 2. The highest BCUT2D eigenvalue weighted by atomic mass is 16.5. The van der Waals surface area contributed by atoms with Crippen LogP contribution < -0.4 is 5.32 Å². The van der Waals surface area contributed by atoms with Crippen molar-refractivity contribution in [3.8, 4) is 0 Å². The summed E-state index contributed by atoms with van der Waals surface area (Å²) >= 11 is 0. The third-order valence-electron chi connectivity index (χ3n) is 5.47. The molecule has 3 aromatic rings. The molecule has 2 aromatic heterocycles. The molecule has 0 atom stereocenters. The average molecular weight is 394 g/mol. The van der Waals surface area contributed by atoms with Crippen LogP contribution in [0.5, 0.6) is 0 Å². The van der Waals surface area contributed by atoms with E-state index in [0.29, 0.717) is 18.3 Å². The number of amides is 1. The van der Waals surface area contributed by atoms with E-state index in [1.165, 1.54) is 23.8 Å². The molecule has 1 aliphatic carbocycles. The molecule has 7 nitrogen and oxygen atoms in total. The fraction of sp³-hybridized carbons (Fsp3) is 0.409. The number of aromatic nitrogens is 3. The monoisotopic (exact) mass is 394 g/mol. The Labute approximate surface area is 169 Å². The first kappa shape index (κ1) is 19.2. The Morgan fingerprint density at radius 3 is 2.90 bits per heavy atom. The Morgan fingerprint density at radius 1 is 1.21 bits per heavy atom. The van der Waals surface area contributed by atoms with Gasteiger partial charge in [0.2, 0.25) is 0 Å². The van der Waals surface area contributed by atoms with Crippen LogP contribution in [0.15, 0.2) is 42.7 Å². The number of hydrogen-bond acceptors (Lipinski definition) is 4. The van der Waals surface area contributed by atoms with Gasteiger partial charge in [-0.2, -0.15) is 5.10 Å². The number of nitrogens with zero attached hydrogens (tertiary/aromatic N) is 2. The molecular weight excluding hydrogens is 368 g/mol. The number of carbonyl (C=O) groups excluding carboxylic acids is 2. The molecule has 1 amide bonds. The van der Waals surface area contributed by atoms with Crippen molar-refractivity contribution >= 4 is 28.6 Å². The Balaban J connectivity index is 1.20. The Bertz CT molecular complexity index is 985. The average Bonchev–Trinajstić information content (AvgIpc) is 3.47. The number of ether oxygens (including phenoxy) is 1. The standard InChI is InChI=1S/C22H26N4O3/c27-21(25-20-12-13-24-26(20)17-7-1-2-8-17)15-29-22(28)11-5-6-16-14-23-19-10-4-3-9-18(16)19/h3-4,9-10,12-14,17,23H,1-2,5-8,11,15H2,(H,25,27). The predicted octanol–water partition coefficient (Wildman–Crippen LogP) is 3.98. The van der Waals surface area contributed by atoms with Crippen LogP contribution in [-0.2, 0) is 20.7 Å². The third kappa shape index (κ3) is 4.67. The number of esters is 1. The first-order chi connectivity index (χ1) is 14.2. The van der Waals surface area contributed by atoms with Gasteiger partial charge in [-0.3, -0.25) is 9.59 Å². The largest absolute Gasteiger partial charge is 0.456 e. The van der Waals surface area contributed by atoms with E-state index < -0.39 is 0 Å². The summed E-state index contributed by atoms with van der Waals surface area (Å²) in [6.45, 7) is -0.276. The predicted molar refractivity (Wildman–Crippen MR) is 111 cm³/mol. The molecule has 152 valence electrons. The first-order valence-electron chi connectivity index (χ1n) is 10.2. The van der Waals surface area contributed by atoms with E-state index in [4.69, 9.17) is 4.74 Å². The van der Waals surface area contributed by atoms with Crippen LogP contribution in [0.1, 0.15) is 50.1 Å². The van der Waals surface area contributed by atoms with Crippen LogP contribution in [0.3, 0.4) is 0 Å². The number of carbonyl (C=O) groups is 2. The van der Waals surface area contributed by atoms with E-state index in [1.54, 1.807) is 12.3 Å². The Hall–Kier alpha value is -3.09. The molecule has 2 heterocycles. The fourth-order valence-corrected chi connectivity index (χ4v) is 4.01. The van der Waals surface area contributed by atoms with Gasteiger partial charge >= 0.3 is 5.97 Å². The van der Waals surface area contributed by atoms with E-state index >= 15 is 0 Å². The van der Waals surface area contributed by atoms with Gasteiger partial charge in [-0.1, -0.05) is 31.0 Å². The topological polar surface area (TPSA) is 89.0 Å². The van der Waals surface area contributed by atoms with Crippen molar-refractivity contribution < 1.29 is 14.3 Å². The SMILES string of the molecule is O=C(COC(=O)CCCc1c[nH]c2ccccc12)Nc1ccnn1C1CCCC1. The fourth-order valence-electron chi connectivity index (χ4n) is 4.01. The molecule has 2 N–H and O–H groups in total. The van der Waals surface area contributed by atoms with Gasteiger partial charge in [-0.25, -0.2) is 4.68 Å². The van der Waals surface area contributed by atoms with E-state index in [2.05, 4.69) is 21.5 Å². The van der Waals surface area contributed by atoms with Crippen LogP contribution in [-0.4, -0.2) is 33.2 Å². The lowest BCUT2D eigenvalue weighted by Crippen LogP contribution is -2.23. The second-order valence-corrected chi connectivity index (χ2v) is 7.52. The molecule has 0 saturated heterocycles. The van der Waals surface area contributed by atoms with Gasteiger partial charge in [0.05, 0.1) is 12.2 Å². The molecule has 0 radical (unpaired) electrons. The molecule has 1 fully saturated rings. The van der Waals surface area contributed by atoms with Crippen molar-refractivity contribution in [3.63, 3.8) is 0 Å². The molecule has 0 unspecified atom stereocenters. The Morgan fingerprint density at radius 2 is 2.03 bits per heavy atom. The summed E-state index contributed by atoms with van der Waals surface area (Å²) in [6.07, 6.45) is 9.95. The molecule has 4 rings (SSSR count). The molecule has 7 heteroatoms. The van der Waals surface area contributed by atoms with E-state index in [0.717, 1.165) is 24.8 Å². The summed E-state index contributed by atoms with van der Waals surface area (Å²) in [7, 11) is 0. The summed E-state index contributed by atoms with van der Waals surface area (Å²) in [5, 5.41) is 8.31. The van der Waals surface area contributed by atoms with Gasteiger partial charge in [0, 0.05) is 29.6 Å². The molecule has 1 aliphatic rings. The lowest BCUT2D eigenvalue weighted by molar-refractivity contribution is -0.147. The van der Waals surface area contributed by atoms with Crippen molar-refractivity contribution in [2.45, 2.75) is 51.0 Å². The highest BCUT2D eigenvalue weighted by Gasteiger charge is 2.20. The zero-order valence-corrected chi connectivity index (χ0v) is 16.4. The second-order valence-electron chi connectivity index (χ2n) is 7.52. The first-order valence-corrected chi connectivity index (χ1v) is 10.2. The quantitative estimate of drug-likeness (QED) is 0.566. The van der Waals surface area contributed by atoms with Crippen LogP contribution in [0.4, 0.5) is 5.82 Å². The van der Waals surface area contributed by atoms with Crippen LogP contribution in [0, 0.1) is 0 Å². The minimum absolute atomic E-state index is 0.276. The van der Waals surface area contributed by atoms with Crippen molar-refractivity contribution in [3.05, 3.63) is 48.3 Å². The summed E-state index contributed by atoms with van der Waals surface area (Å²) < 4.78 is 7.01.